The van der Waals surface area contributed by atoms with Crippen molar-refractivity contribution >= 4 is 11.8 Å². The van der Waals surface area contributed by atoms with Crippen LogP contribution in [0.2, 0.25) is 0 Å². The number of ether oxygens (including phenoxy) is 1. The molecule has 5 nitrogen and oxygen atoms in total. The molecule has 0 radical (unpaired) electrons. The standard InChI is InChI=1S/C27H38O5/c1-5-6-25(32-16(2)28)27(4,31)24-10-9-22-21-15-23(30)18-13-17(7-8-19(29)14-18)20(21)11-12-26(22,24)3/h5-7,15,18-20,22,24-25,29,31H,8-14H2,1-4H3/b6-5+/t18-,19-,20+,22-,24-,25-,26-,27-/m0/s1. The number of fused-ring (bicyclic) bond motifs is 6. The molecule has 0 aliphatic heterocycles. The molecule has 2 bridgehead atoms. The van der Waals surface area contributed by atoms with Gasteiger partial charge < -0.3 is 14.9 Å². The Morgan fingerprint density at radius 3 is 2.78 bits per heavy atom. The second-order valence-corrected chi connectivity index (χ2v) is 10.9. The Labute approximate surface area is 191 Å². The molecule has 0 aromatic heterocycles. The fourth-order valence-electron chi connectivity index (χ4n) is 7.41. The highest BCUT2D eigenvalue weighted by atomic mass is 16.6. The Bertz CT molecular complexity index is 865. The fourth-order valence-corrected chi connectivity index (χ4v) is 7.41. The average Bonchev–Trinajstić information content (AvgIpc) is 2.87. The third-order valence-corrected chi connectivity index (χ3v) is 8.90. The second kappa shape index (κ2) is 8.57. The highest BCUT2D eigenvalue weighted by Gasteiger charge is 2.59. The number of rotatable bonds is 4. The number of hydrogen-bond donors (Lipinski definition) is 2. The predicted molar refractivity (Wildman–Crippen MR) is 123 cm³/mol. The van der Waals surface area contributed by atoms with Crippen LogP contribution in [0.25, 0.3) is 0 Å². The highest BCUT2D eigenvalue weighted by Crippen LogP contribution is 2.63. The Hall–Kier alpha value is -1.72. The molecule has 0 aromatic carbocycles. The lowest BCUT2D eigenvalue weighted by atomic mass is 9.56. The van der Waals surface area contributed by atoms with E-state index in [1.807, 2.05) is 19.1 Å². The van der Waals surface area contributed by atoms with Crippen molar-refractivity contribution in [1.82, 2.24) is 0 Å². The minimum absolute atomic E-state index is 0.0429. The van der Waals surface area contributed by atoms with Gasteiger partial charge in [0.15, 0.2) is 5.78 Å². The molecule has 32 heavy (non-hydrogen) atoms. The number of hydrogen-bond acceptors (Lipinski definition) is 5. The van der Waals surface area contributed by atoms with Gasteiger partial charge in [0, 0.05) is 18.8 Å². The van der Waals surface area contributed by atoms with Crippen molar-refractivity contribution in [2.45, 2.75) is 90.4 Å². The largest absolute Gasteiger partial charge is 0.455 e. The molecule has 2 N–H and O–H groups in total. The first-order valence-corrected chi connectivity index (χ1v) is 12.2. The Morgan fingerprint density at radius 2 is 2.09 bits per heavy atom. The summed E-state index contributed by atoms with van der Waals surface area (Å²) in [6.45, 7) is 7.31. The van der Waals surface area contributed by atoms with E-state index in [4.69, 9.17) is 4.74 Å². The summed E-state index contributed by atoms with van der Waals surface area (Å²) in [5.74, 6) is 0.101. The van der Waals surface area contributed by atoms with E-state index in [1.54, 1.807) is 13.0 Å². The molecule has 5 heteroatoms. The van der Waals surface area contributed by atoms with Crippen LogP contribution in [0.3, 0.4) is 0 Å². The zero-order valence-corrected chi connectivity index (χ0v) is 19.8. The summed E-state index contributed by atoms with van der Waals surface area (Å²) in [6.07, 6.45) is 12.2. The van der Waals surface area contributed by atoms with Crippen LogP contribution in [0.15, 0.2) is 35.5 Å². The van der Waals surface area contributed by atoms with Crippen LogP contribution < -0.4 is 0 Å². The number of aliphatic hydroxyl groups excluding tert-OH is 1. The van der Waals surface area contributed by atoms with Gasteiger partial charge in [0.25, 0.3) is 0 Å². The van der Waals surface area contributed by atoms with Gasteiger partial charge in [-0.25, -0.2) is 0 Å². The maximum atomic E-state index is 13.1. The van der Waals surface area contributed by atoms with Crippen LogP contribution in [-0.4, -0.2) is 39.8 Å². The van der Waals surface area contributed by atoms with Gasteiger partial charge >= 0.3 is 5.97 Å². The lowest BCUT2D eigenvalue weighted by Gasteiger charge is -2.50. The van der Waals surface area contributed by atoms with Crippen LogP contribution >= 0.6 is 0 Å². The zero-order valence-electron chi connectivity index (χ0n) is 19.8. The van der Waals surface area contributed by atoms with Crippen LogP contribution in [0.5, 0.6) is 0 Å². The molecule has 0 spiro atoms. The van der Waals surface area contributed by atoms with Crippen molar-refractivity contribution in [3.8, 4) is 0 Å². The van der Waals surface area contributed by atoms with Gasteiger partial charge in [0.1, 0.15) is 11.7 Å². The molecular formula is C27H38O5. The summed E-state index contributed by atoms with van der Waals surface area (Å²) in [6, 6.07) is 0. The molecule has 0 heterocycles. The summed E-state index contributed by atoms with van der Waals surface area (Å²) in [5, 5.41) is 22.0. The van der Waals surface area contributed by atoms with E-state index >= 15 is 0 Å². The number of allylic oxidation sites excluding steroid dienone is 4. The second-order valence-electron chi connectivity index (χ2n) is 10.9. The molecule has 4 aliphatic rings. The Kier molecular flexibility index (Phi) is 6.28. The normalized spacial score (nSPS) is 39.7. The number of esters is 1. The molecule has 2 saturated carbocycles. The quantitative estimate of drug-likeness (QED) is 0.501. The van der Waals surface area contributed by atoms with Gasteiger partial charge in [-0.3, -0.25) is 9.59 Å². The summed E-state index contributed by atoms with van der Waals surface area (Å²) >= 11 is 0. The topological polar surface area (TPSA) is 83.8 Å². The van der Waals surface area contributed by atoms with Gasteiger partial charge in [-0.2, -0.15) is 0 Å². The van der Waals surface area contributed by atoms with E-state index in [2.05, 4.69) is 13.0 Å². The molecule has 4 rings (SSSR count). The third kappa shape index (κ3) is 3.92. The number of aliphatic hydroxyl groups is 2. The first-order chi connectivity index (χ1) is 15.1. The van der Waals surface area contributed by atoms with E-state index in [1.165, 1.54) is 18.1 Å². The van der Waals surface area contributed by atoms with Crippen molar-refractivity contribution in [3.63, 3.8) is 0 Å². The van der Waals surface area contributed by atoms with E-state index in [9.17, 15) is 19.8 Å². The van der Waals surface area contributed by atoms with Crippen molar-refractivity contribution < 1.29 is 24.5 Å². The third-order valence-electron chi connectivity index (χ3n) is 8.90. The monoisotopic (exact) mass is 442 g/mol. The number of carbonyl (C=O) groups is 2. The van der Waals surface area contributed by atoms with E-state index < -0.39 is 23.8 Å². The van der Waals surface area contributed by atoms with E-state index in [-0.39, 0.29) is 34.9 Å². The lowest BCUT2D eigenvalue weighted by molar-refractivity contribution is -0.168. The van der Waals surface area contributed by atoms with Crippen molar-refractivity contribution in [2.75, 3.05) is 0 Å². The summed E-state index contributed by atoms with van der Waals surface area (Å²) in [7, 11) is 0. The predicted octanol–water partition coefficient (Wildman–Crippen LogP) is 4.28. The lowest BCUT2D eigenvalue weighted by Crippen LogP contribution is -2.53. The molecule has 8 atom stereocenters. The minimum Gasteiger partial charge on any atom is -0.455 e. The molecule has 0 saturated heterocycles. The molecule has 176 valence electrons. The van der Waals surface area contributed by atoms with Gasteiger partial charge in [0.05, 0.1) is 6.10 Å². The molecule has 0 unspecified atom stereocenters. The van der Waals surface area contributed by atoms with E-state index in [0.29, 0.717) is 12.8 Å². The van der Waals surface area contributed by atoms with Crippen LogP contribution in [-0.2, 0) is 14.3 Å². The molecule has 2 fully saturated rings. The van der Waals surface area contributed by atoms with Crippen LogP contribution in [0.4, 0.5) is 0 Å². The molecule has 0 amide bonds. The first-order valence-electron chi connectivity index (χ1n) is 12.2. The van der Waals surface area contributed by atoms with Crippen molar-refractivity contribution in [3.05, 3.63) is 35.5 Å². The smallest absolute Gasteiger partial charge is 0.303 e. The average molecular weight is 443 g/mol. The highest BCUT2D eigenvalue weighted by molar-refractivity contribution is 5.93. The first kappa shape index (κ1) is 23.4. The molecule has 0 aromatic rings. The fraction of sp³-hybridized carbons (Fsp3) is 0.704. The SMILES string of the molecule is C/C=C/[C@H](OC(C)=O)[C@@](C)(O)[C@H]1CC[C@H]2C3=CC(=O)[C@H]4CC(=CC[C@H](O)C4)[C@H]3CC[C@]12C. The maximum Gasteiger partial charge on any atom is 0.303 e. The molecule has 4 aliphatic carbocycles. The summed E-state index contributed by atoms with van der Waals surface area (Å²) in [4.78, 5) is 24.9. The van der Waals surface area contributed by atoms with Crippen molar-refractivity contribution in [2.24, 2.45) is 29.1 Å². The maximum absolute atomic E-state index is 13.1. The van der Waals surface area contributed by atoms with Crippen LogP contribution in [0.1, 0.15) is 72.6 Å². The van der Waals surface area contributed by atoms with Gasteiger partial charge in [0.2, 0.25) is 0 Å². The zero-order chi connectivity index (χ0) is 23.3. The molecular weight excluding hydrogens is 404 g/mol. The summed E-state index contributed by atoms with van der Waals surface area (Å²) in [5.41, 5.74) is 1.20. The number of carbonyl (C=O) groups excluding carboxylic acids is 2. The summed E-state index contributed by atoms with van der Waals surface area (Å²) < 4.78 is 5.54. The van der Waals surface area contributed by atoms with Gasteiger partial charge in [-0.05, 0) is 88.2 Å². The van der Waals surface area contributed by atoms with Crippen molar-refractivity contribution in [1.29, 1.82) is 0 Å². The van der Waals surface area contributed by atoms with E-state index in [0.717, 1.165) is 32.1 Å². The minimum atomic E-state index is -1.19. The Morgan fingerprint density at radius 1 is 1.34 bits per heavy atom. The van der Waals surface area contributed by atoms with Gasteiger partial charge in [-0.1, -0.05) is 30.2 Å². The van der Waals surface area contributed by atoms with Crippen LogP contribution in [0, 0.1) is 29.1 Å². The Balaban J connectivity index is 1.68. The number of ketones is 1. The van der Waals surface area contributed by atoms with Gasteiger partial charge in [-0.15, -0.1) is 0 Å².